The van der Waals surface area contributed by atoms with Crippen molar-refractivity contribution in [2.75, 3.05) is 28.4 Å². The van der Waals surface area contributed by atoms with Gasteiger partial charge in [-0.25, -0.2) is 19.2 Å². The zero-order valence-electron chi connectivity index (χ0n) is 16.4. The van der Waals surface area contributed by atoms with E-state index in [2.05, 4.69) is 0 Å². The van der Waals surface area contributed by atoms with Gasteiger partial charge in [0.05, 0.1) is 50.7 Å². The Morgan fingerprint density at radius 3 is 0.966 bits per heavy atom. The molecule has 2 aromatic carbocycles. The summed E-state index contributed by atoms with van der Waals surface area (Å²) in [5.41, 5.74) is 1.83. The maximum atomic E-state index is 11.9. The molecule has 2 rings (SSSR count). The summed E-state index contributed by atoms with van der Waals surface area (Å²) in [6.07, 6.45) is 0.212. The number of methoxy groups -OCH3 is 4. The van der Waals surface area contributed by atoms with Crippen molar-refractivity contribution >= 4 is 23.9 Å². The maximum absolute atomic E-state index is 11.9. The third kappa shape index (κ3) is 5.19. The lowest BCUT2D eigenvalue weighted by molar-refractivity contribution is 0.0581. The average molecular weight is 400 g/mol. The molecule has 152 valence electrons. The van der Waals surface area contributed by atoms with Crippen LogP contribution in [0, 0.1) is 0 Å². The number of hydrogen-bond acceptors (Lipinski definition) is 8. The van der Waals surface area contributed by atoms with Crippen LogP contribution in [0.4, 0.5) is 0 Å². The van der Waals surface area contributed by atoms with Crippen molar-refractivity contribution in [3.8, 4) is 0 Å². The standard InChI is InChI=1S/C21H20O8/c1-26-18(22)14-6-12(7-15(10-14)19(23)27-2)5-13-8-16(20(24)28-3)11-17(9-13)21(25)29-4/h6-11H,5H2,1-4H3. The third-order valence-corrected chi connectivity index (χ3v) is 4.08. The van der Waals surface area contributed by atoms with E-state index in [0.717, 1.165) is 0 Å². The van der Waals surface area contributed by atoms with E-state index < -0.39 is 23.9 Å². The lowest BCUT2D eigenvalue weighted by Crippen LogP contribution is -2.09. The maximum Gasteiger partial charge on any atom is 0.337 e. The molecule has 0 radical (unpaired) electrons. The van der Waals surface area contributed by atoms with E-state index in [1.807, 2.05) is 0 Å². The van der Waals surface area contributed by atoms with Crippen LogP contribution in [0.3, 0.4) is 0 Å². The second kappa shape index (κ2) is 9.50. The molecular weight excluding hydrogens is 380 g/mol. The van der Waals surface area contributed by atoms with Crippen LogP contribution >= 0.6 is 0 Å². The topological polar surface area (TPSA) is 105 Å². The lowest BCUT2D eigenvalue weighted by atomic mass is 9.97. The molecule has 0 heterocycles. The fraction of sp³-hybridized carbons (Fsp3) is 0.238. The van der Waals surface area contributed by atoms with Crippen LogP contribution in [-0.2, 0) is 25.4 Å². The minimum Gasteiger partial charge on any atom is -0.465 e. The van der Waals surface area contributed by atoms with Crippen LogP contribution < -0.4 is 0 Å². The molecule has 8 heteroatoms. The van der Waals surface area contributed by atoms with E-state index in [9.17, 15) is 19.2 Å². The fourth-order valence-corrected chi connectivity index (χ4v) is 2.77. The quantitative estimate of drug-likeness (QED) is 0.538. The summed E-state index contributed by atoms with van der Waals surface area (Å²) in [6, 6.07) is 8.96. The van der Waals surface area contributed by atoms with Crippen LogP contribution in [0.15, 0.2) is 36.4 Å². The fourth-order valence-electron chi connectivity index (χ4n) is 2.77. The summed E-state index contributed by atoms with van der Waals surface area (Å²) < 4.78 is 18.9. The van der Waals surface area contributed by atoms with Crippen molar-refractivity contribution in [1.82, 2.24) is 0 Å². The first-order valence-corrected chi connectivity index (χ1v) is 8.44. The normalized spacial score (nSPS) is 10.1. The number of esters is 4. The number of carbonyl (C=O) groups excluding carboxylic acids is 4. The highest BCUT2D eigenvalue weighted by Crippen LogP contribution is 2.20. The van der Waals surface area contributed by atoms with Gasteiger partial charge in [-0.1, -0.05) is 0 Å². The monoisotopic (exact) mass is 400 g/mol. The van der Waals surface area contributed by atoms with Crippen LogP contribution in [0.5, 0.6) is 0 Å². The van der Waals surface area contributed by atoms with Gasteiger partial charge in [0.1, 0.15) is 0 Å². The molecular formula is C21H20O8. The van der Waals surface area contributed by atoms with Crippen LogP contribution in [0.25, 0.3) is 0 Å². The summed E-state index contributed by atoms with van der Waals surface area (Å²) in [6.45, 7) is 0. The van der Waals surface area contributed by atoms with Gasteiger partial charge in [0.25, 0.3) is 0 Å². The van der Waals surface area contributed by atoms with Crippen molar-refractivity contribution in [3.63, 3.8) is 0 Å². The summed E-state index contributed by atoms with van der Waals surface area (Å²) in [4.78, 5) is 47.8. The third-order valence-electron chi connectivity index (χ3n) is 4.08. The first-order chi connectivity index (χ1) is 13.8. The minimum atomic E-state index is -0.615. The van der Waals surface area contributed by atoms with E-state index in [1.54, 1.807) is 24.3 Å². The smallest absolute Gasteiger partial charge is 0.337 e. The Balaban J connectivity index is 2.53. The van der Waals surface area contributed by atoms with Crippen molar-refractivity contribution in [3.05, 3.63) is 69.8 Å². The van der Waals surface area contributed by atoms with Crippen molar-refractivity contribution < 1.29 is 38.1 Å². The zero-order chi connectivity index (χ0) is 21.6. The number of ether oxygens (including phenoxy) is 4. The van der Waals surface area contributed by atoms with Gasteiger partial charge >= 0.3 is 23.9 Å². The van der Waals surface area contributed by atoms with Crippen LogP contribution in [0.1, 0.15) is 52.6 Å². The molecule has 29 heavy (non-hydrogen) atoms. The molecule has 0 saturated heterocycles. The Kier molecular flexibility index (Phi) is 7.08. The van der Waals surface area contributed by atoms with Gasteiger partial charge in [-0.05, 0) is 53.9 Å². The number of hydrogen-bond donors (Lipinski definition) is 0. The minimum absolute atomic E-state index is 0.169. The summed E-state index contributed by atoms with van der Waals surface area (Å²) in [5, 5.41) is 0. The molecule has 0 aliphatic heterocycles. The van der Waals surface area contributed by atoms with E-state index in [1.165, 1.54) is 40.6 Å². The Hall–Kier alpha value is -3.68. The molecule has 0 aliphatic carbocycles. The van der Waals surface area contributed by atoms with Crippen molar-refractivity contribution in [1.29, 1.82) is 0 Å². The molecule has 0 fully saturated rings. The van der Waals surface area contributed by atoms with E-state index in [0.29, 0.717) is 11.1 Å². The van der Waals surface area contributed by atoms with E-state index in [4.69, 9.17) is 18.9 Å². The predicted molar refractivity (Wildman–Crippen MR) is 101 cm³/mol. The van der Waals surface area contributed by atoms with Gasteiger partial charge in [0.15, 0.2) is 0 Å². The highest BCUT2D eigenvalue weighted by Gasteiger charge is 2.17. The highest BCUT2D eigenvalue weighted by atomic mass is 16.5. The first-order valence-electron chi connectivity index (χ1n) is 8.44. The van der Waals surface area contributed by atoms with Gasteiger partial charge in [-0.3, -0.25) is 0 Å². The zero-order valence-corrected chi connectivity index (χ0v) is 16.4. The molecule has 0 aliphatic rings. The molecule has 0 aromatic heterocycles. The van der Waals surface area contributed by atoms with Gasteiger partial charge in [-0.2, -0.15) is 0 Å². The molecule has 8 nitrogen and oxygen atoms in total. The van der Waals surface area contributed by atoms with Gasteiger partial charge in [-0.15, -0.1) is 0 Å². The van der Waals surface area contributed by atoms with Gasteiger partial charge in [0.2, 0.25) is 0 Å². The second-order valence-electron chi connectivity index (χ2n) is 5.98. The van der Waals surface area contributed by atoms with Crippen LogP contribution in [-0.4, -0.2) is 52.3 Å². The molecule has 0 saturated carbocycles. The second-order valence-corrected chi connectivity index (χ2v) is 5.98. The Morgan fingerprint density at radius 2 is 0.759 bits per heavy atom. The predicted octanol–water partition coefficient (Wildman–Crippen LogP) is 2.42. The molecule has 0 atom stereocenters. The van der Waals surface area contributed by atoms with Crippen molar-refractivity contribution in [2.45, 2.75) is 6.42 Å². The summed E-state index contributed by atoms with van der Waals surface area (Å²) in [5.74, 6) is -2.46. The molecule has 0 N–H and O–H groups in total. The first kappa shape index (κ1) is 21.6. The van der Waals surface area contributed by atoms with Gasteiger partial charge in [0, 0.05) is 0 Å². The highest BCUT2D eigenvalue weighted by molar-refractivity contribution is 5.96. The number of benzene rings is 2. The lowest BCUT2D eigenvalue weighted by Gasteiger charge is -2.10. The SMILES string of the molecule is COC(=O)c1cc(Cc2cc(C(=O)OC)cc(C(=O)OC)c2)cc(C(=O)OC)c1. The molecule has 0 bridgehead atoms. The number of rotatable bonds is 6. The van der Waals surface area contributed by atoms with Crippen LogP contribution in [0.2, 0.25) is 0 Å². The molecule has 0 unspecified atom stereocenters. The molecule has 0 spiro atoms. The average Bonchev–Trinajstić information content (AvgIpc) is 2.76. The summed E-state index contributed by atoms with van der Waals surface area (Å²) >= 11 is 0. The van der Waals surface area contributed by atoms with E-state index in [-0.39, 0.29) is 28.7 Å². The Labute approximate surface area is 167 Å². The summed E-state index contributed by atoms with van der Waals surface area (Å²) in [7, 11) is 4.93. The molecule has 2 aromatic rings. The Bertz CT molecular complexity index is 815. The largest absolute Gasteiger partial charge is 0.465 e. The van der Waals surface area contributed by atoms with E-state index >= 15 is 0 Å². The van der Waals surface area contributed by atoms with Gasteiger partial charge < -0.3 is 18.9 Å². The Morgan fingerprint density at radius 1 is 0.517 bits per heavy atom. The van der Waals surface area contributed by atoms with Crippen molar-refractivity contribution in [2.24, 2.45) is 0 Å². The molecule has 0 amide bonds. The number of carbonyl (C=O) groups is 4.